The van der Waals surface area contributed by atoms with Gasteiger partial charge in [0.2, 0.25) is 0 Å². The highest BCUT2D eigenvalue weighted by Crippen LogP contribution is 2.20. The Balaban J connectivity index is 1.59. The van der Waals surface area contributed by atoms with E-state index >= 15 is 0 Å². The molecule has 1 aromatic carbocycles. The van der Waals surface area contributed by atoms with E-state index in [0.717, 1.165) is 37.8 Å². The van der Waals surface area contributed by atoms with Crippen LogP contribution in [0.2, 0.25) is 0 Å². The summed E-state index contributed by atoms with van der Waals surface area (Å²) in [5.74, 6) is 1.67. The van der Waals surface area contributed by atoms with E-state index in [1.54, 1.807) is 4.68 Å². The molecular weight excluding hydrogens is 254 g/mol. The van der Waals surface area contributed by atoms with Crippen LogP contribution in [0.1, 0.15) is 5.82 Å². The number of benzene rings is 1. The molecule has 20 heavy (non-hydrogen) atoms. The van der Waals surface area contributed by atoms with Gasteiger partial charge in [0.1, 0.15) is 18.7 Å². The van der Waals surface area contributed by atoms with Crippen molar-refractivity contribution in [3.63, 3.8) is 0 Å². The Morgan fingerprint density at radius 2 is 1.95 bits per heavy atom. The van der Waals surface area contributed by atoms with E-state index in [1.807, 2.05) is 19.2 Å². The number of hydrogen-bond acceptors (Lipinski definition) is 5. The minimum Gasteiger partial charge on any atom is -0.486 e. The second kappa shape index (κ2) is 5.92. The van der Waals surface area contributed by atoms with Gasteiger partial charge in [-0.25, -0.2) is 4.98 Å². The van der Waals surface area contributed by atoms with Crippen LogP contribution in [-0.4, -0.2) is 40.9 Å². The largest absolute Gasteiger partial charge is 0.486 e. The molecule has 1 aliphatic rings. The van der Waals surface area contributed by atoms with E-state index in [4.69, 9.17) is 4.74 Å². The molecule has 6 heteroatoms. The molecule has 0 unspecified atom stereocenters. The van der Waals surface area contributed by atoms with Crippen LogP contribution in [0.25, 0.3) is 0 Å². The van der Waals surface area contributed by atoms with Crippen LogP contribution in [0.4, 0.5) is 5.69 Å². The van der Waals surface area contributed by atoms with Crippen LogP contribution in [0.15, 0.2) is 30.6 Å². The smallest absolute Gasteiger partial charge is 0.164 e. The number of nitrogens with zero attached hydrogens (tertiary/aromatic N) is 4. The fourth-order valence-corrected chi connectivity index (χ4v) is 2.27. The third kappa shape index (κ3) is 2.91. The predicted molar refractivity (Wildman–Crippen MR) is 76.9 cm³/mol. The van der Waals surface area contributed by atoms with Crippen LogP contribution < -0.4 is 15.0 Å². The van der Waals surface area contributed by atoms with Crippen LogP contribution in [0.5, 0.6) is 5.75 Å². The number of anilines is 1. The van der Waals surface area contributed by atoms with Gasteiger partial charge in [0.05, 0.1) is 0 Å². The second-order valence-electron chi connectivity index (χ2n) is 4.82. The summed E-state index contributed by atoms with van der Waals surface area (Å²) in [6.45, 7) is 4.64. The van der Waals surface area contributed by atoms with Crippen molar-refractivity contribution in [1.29, 1.82) is 0 Å². The van der Waals surface area contributed by atoms with Crippen molar-refractivity contribution in [2.75, 3.05) is 31.1 Å². The van der Waals surface area contributed by atoms with Gasteiger partial charge in [0.25, 0.3) is 0 Å². The summed E-state index contributed by atoms with van der Waals surface area (Å²) in [4.78, 5) is 6.51. The molecule has 0 radical (unpaired) electrons. The topological polar surface area (TPSA) is 55.2 Å². The lowest BCUT2D eigenvalue weighted by Gasteiger charge is -2.29. The third-order valence-electron chi connectivity index (χ3n) is 3.49. The summed E-state index contributed by atoms with van der Waals surface area (Å²) in [7, 11) is 1.86. The SMILES string of the molecule is Cn1ncnc1COc1ccc(N2CCNCC2)cc1. The molecule has 1 aliphatic heterocycles. The maximum atomic E-state index is 5.72. The lowest BCUT2D eigenvalue weighted by atomic mass is 10.2. The lowest BCUT2D eigenvalue weighted by Crippen LogP contribution is -2.43. The molecule has 106 valence electrons. The average Bonchev–Trinajstić information content (AvgIpc) is 2.92. The second-order valence-corrected chi connectivity index (χ2v) is 4.82. The van der Waals surface area contributed by atoms with Gasteiger partial charge in [-0.3, -0.25) is 4.68 Å². The van der Waals surface area contributed by atoms with Crippen molar-refractivity contribution in [2.45, 2.75) is 6.61 Å². The first-order valence-corrected chi connectivity index (χ1v) is 6.84. The van der Waals surface area contributed by atoms with E-state index in [2.05, 4.69) is 32.4 Å². The van der Waals surface area contributed by atoms with Gasteiger partial charge in [-0.15, -0.1) is 0 Å². The number of ether oxygens (including phenoxy) is 1. The van der Waals surface area contributed by atoms with Gasteiger partial charge < -0.3 is 15.0 Å². The minimum atomic E-state index is 0.434. The van der Waals surface area contributed by atoms with E-state index in [9.17, 15) is 0 Å². The zero-order valence-corrected chi connectivity index (χ0v) is 11.6. The number of hydrogen-bond donors (Lipinski definition) is 1. The number of aromatic nitrogens is 3. The number of piperazine rings is 1. The first-order valence-electron chi connectivity index (χ1n) is 6.84. The quantitative estimate of drug-likeness (QED) is 0.893. The molecule has 3 rings (SSSR count). The first-order chi connectivity index (χ1) is 9.83. The van der Waals surface area contributed by atoms with Crippen molar-refractivity contribution >= 4 is 5.69 Å². The molecular formula is C14H19N5O. The highest BCUT2D eigenvalue weighted by molar-refractivity contribution is 5.49. The summed E-state index contributed by atoms with van der Waals surface area (Å²) in [6.07, 6.45) is 1.53. The van der Waals surface area contributed by atoms with Crippen molar-refractivity contribution < 1.29 is 4.74 Å². The standard InChI is InChI=1S/C14H19N5O/c1-18-14(16-11-17-18)10-20-13-4-2-12(3-5-13)19-8-6-15-7-9-19/h2-5,11,15H,6-10H2,1H3. The first kappa shape index (κ1) is 12.9. The molecule has 0 spiro atoms. The highest BCUT2D eigenvalue weighted by atomic mass is 16.5. The van der Waals surface area contributed by atoms with E-state index in [0.29, 0.717) is 6.61 Å². The summed E-state index contributed by atoms with van der Waals surface area (Å²) in [6, 6.07) is 8.23. The Labute approximate surface area is 118 Å². The Morgan fingerprint density at radius 1 is 1.20 bits per heavy atom. The van der Waals surface area contributed by atoms with E-state index in [-0.39, 0.29) is 0 Å². The minimum absolute atomic E-state index is 0.434. The molecule has 0 bridgehead atoms. The van der Waals surface area contributed by atoms with Gasteiger partial charge in [0.15, 0.2) is 5.82 Å². The van der Waals surface area contributed by atoms with Gasteiger partial charge in [-0.05, 0) is 24.3 Å². The Morgan fingerprint density at radius 3 is 2.60 bits per heavy atom. The summed E-state index contributed by atoms with van der Waals surface area (Å²) in [5, 5.41) is 7.37. The van der Waals surface area contributed by atoms with E-state index < -0.39 is 0 Å². The Hall–Kier alpha value is -2.08. The molecule has 1 N–H and O–H groups in total. The zero-order valence-electron chi connectivity index (χ0n) is 11.6. The van der Waals surface area contributed by atoms with Crippen molar-refractivity contribution in [3.05, 3.63) is 36.4 Å². The molecule has 1 fully saturated rings. The molecule has 2 heterocycles. The van der Waals surface area contributed by atoms with Crippen LogP contribution in [-0.2, 0) is 13.7 Å². The number of rotatable bonds is 4. The Bertz CT molecular complexity index is 545. The van der Waals surface area contributed by atoms with Gasteiger partial charge in [-0.1, -0.05) is 0 Å². The molecule has 6 nitrogen and oxygen atoms in total. The monoisotopic (exact) mass is 273 g/mol. The van der Waals surface area contributed by atoms with Crippen LogP contribution in [0, 0.1) is 0 Å². The molecule has 0 saturated carbocycles. The highest BCUT2D eigenvalue weighted by Gasteiger charge is 2.10. The predicted octanol–water partition coefficient (Wildman–Crippen LogP) is 0.804. The van der Waals surface area contributed by atoms with Gasteiger partial charge in [-0.2, -0.15) is 5.10 Å². The van der Waals surface area contributed by atoms with Crippen LogP contribution in [0.3, 0.4) is 0 Å². The molecule has 0 atom stereocenters. The fourth-order valence-electron chi connectivity index (χ4n) is 2.27. The zero-order chi connectivity index (χ0) is 13.8. The maximum Gasteiger partial charge on any atom is 0.164 e. The van der Waals surface area contributed by atoms with Crippen molar-refractivity contribution in [2.24, 2.45) is 7.05 Å². The van der Waals surface area contributed by atoms with Gasteiger partial charge >= 0.3 is 0 Å². The average molecular weight is 273 g/mol. The lowest BCUT2D eigenvalue weighted by molar-refractivity contribution is 0.290. The van der Waals surface area contributed by atoms with Gasteiger partial charge in [0, 0.05) is 38.9 Å². The van der Waals surface area contributed by atoms with E-state index in [1.165, 1.54) is 12.0 Å². The third-order valence-corrected chi connectivity index (χ3v) is 3.49. The molecule has 2 aromatic rings. The number of nitrogens with one attached hydrogen (secondary N) is 1. The Kier molecular flexibility index (Phi) is 3.83. The van der Waals surface area contributed by atoms with Crippen LogP contribution >= 0.6 is 0 Å². The molecule has 0 aliphatic carbocycles. The molecule has 1 aromatic heterocycles. The maximum absolute atomic E-state index is 5.72. The normalized spacial score (nSPS) is 15.3. The number of aryl methyl sites for hydroxylation is 1. The van der Waals surface area contributed by atoms with Crippen molar-refractivity contribution in [3.8, 4) is 5.75 Å². The molecule has 1 saturated heterocycles. The summed E-state index contributed by atoms with van der Waals surface area (Å²) >= 11 is 0. The summed E-state index contributed by atoms with van der Waals surface area (Å²) in [5.41, 5.74) is 1.25. The fraction of sp³-hybridized carbons (Fsp3) is 0.429. The molecule has 0 amide bonds. The van der Waals surface area contributed by atoms with Crippen molar-refractivity contribution in [1.82, 2.24) is 20.1 Å². The summed E-state index contributed by atoms with van der Waals surface area (Å²) < 4.78 is 7.44.